The number of anilines is 1. The van der Waals surface area contributed by atoms with Gasteiger partial charge in [0.15, 0.2) is 0 Å². The molecule has 0 N–H and O–H groups in total. The third-order valence-corrected chi connectivity index (χ3v) is 3.32. The molecule has 1 aromatic carbocycles. The normalized spacial score (nSPS) is 10.7. The molecule has 4 heteroatoms. The molecule has 21 heavy (non-hydrogen) atoms. The van der Waals surface area contributed by atoms with Crippen LogP contribution in [0.25, 0.3) is 10.9 Å². The Morgan fingerprint density at radius 1 is 1.33 bits per heavy atom. The quantitative estimate of drug-likeness (QED) is 0.862. The minimum atomic E-state index is 0.0966. The fourth-order valence-corrected chi connectivity index (χ4v) is 2.55. The average molecular weight is 283 g/mol. The molecule has 1 heterocycles. The highest BCUT2D eigenvalue weighted by Crippen LogP contribution is 2.35. The van der Waals surface area contributed by atoms with Gasteiger partial charge in [0.05, 0.1) is 24.3 Å². The molecule has 110 valence electrons. The van der Waals surface area contributed by atoms with E-state index >= 15 is 0 Å². The average Bonchev–Trinajstić information content (AvgIpc) is 2.39. The zero-order valence-corrected chi connectivity index (χ0v) is 13.3. The standard InChI is InChI=1S/C17H21N3O/c1-11(2)21-15-8-6-7-14-16(15)19-12(3)13(9-10-18)17(14)20(4)5/h6-8,11H,9H2,1-5H3. The van der Waals surface area contributed by atoms with Gasteiger partial charge in [-0.2, -0.15) is 5.26 Å². The van der Waals surface area contributed by atoms with Crippen LogP contribution < -0.4 is 9.64 Å². The molecule has 0 bridgehead atoms. The molecule has 1 aromatic heterocycles. The Morgan fingerprint density at radius 3 is 2.62 bits per heavy atom. The summed E-state index contributed by atoms with van der Waals surface area (Å²) in [6, 6.07) is 8.18. The van der Waals surface area contributed by atoms with Gasteiger partial charge < -0.3 is 9.64 Å². The number of para-hydroxylation sites is 1. The molecule has 0 atom stereocenters. The summed E-state index contributed by atoms with van der Waals surface area (Å²) in [5.41, 5.74) is 3.77. The molecule has 2 aromatic rings. The fourth-order valence-electron chi connectivity index (χ4n) is 2.55. The predicted octanol–water partition coefficient (Wildman–Crippen LogP) is 3.46. The first-order valence-electron chi connectivity index (χ1n) is 7.08. The van der Waals surface area contributed by atoms with Crippen molar-refractivity contribution < 1.29 is 4.74 Å². The summed E-state index contributed by atoms with van der Waals surface area (Å²) in [6.45, 7) is 5.95. The monoisotopic (exact) mass is 283 g/mol. The van der Waals surface area contributed by atoms with Gasteiger partial charge in [0, 0.05) is 30.7 Å². The van der Waals surface area contributed by atoms with Crippen molar-refractivity contribution in [3.63, 3.8) is 0 Å². The van der Waals surface area contributed by atoms with Crippen molar-refractivity contribution in [2.45, 2.75) is 33.3 Å². The topological polar surface area (TPSA) is 49.1 Å². The maximum absolute atomic E-state index is 9.07. The van der Waals surface area contributed by atoms with Crippen LogP contribution in [0.3, 0.4) is 0 Å². The van der Waals surface area contributed by atoms with Crippen molar-refractivity contribution in [2.75, 3.05) is 19.0 Å². The number of aryl methyl sites for hydroxylation is 1. The largest absolute Gasteiger partial charge is 0.489 e. The van der Waals surface area contributed by atoms with Crippen LogP contribution in [-0.4, -0.2) is 25.2 Å². The van der Waals surface area contributed by atoms with Gasteiger partial charge in [-0.15, -0.1) is 0 Å². The number of hydrogen-bond donors (Lipinski definition) is 0. The van der Waals surface area contributed by atoms with E-state index in [0.717, 1.165) is 33.6 Å². The third-order valence-electron chi connectivity index (χ3n) is 3.32. The van der Waals surface area contributed by atoms with Crippen LogP contribution in [0.1, 0.15) is 25.1 Å². The minimum Gasteiger partial charge on any atom is -0.489 e. The van der Waals surface area contributed by atoms with Gasteiger partial charge in [-0.05, 0) is 26.8 Å². The molecule has 0 amide bonds. The van der Waals surface area contributed by atoms with Gasteiger partial charge in [0.2, 0.25) is 0 Å². The molecule has 0 saturated heterocycles. The lowest BCUT2D eigenvalue weighted by molar-refractivity contribution is 0.245. The number of benzene rings is 1. The number of aromatic nitrogens is 1. The van der Waals surface area contributed by atoms with Gasteiger partial charge in [-0.3, -0.25) is 0 Å². The first kappa shape index (κ1) is 15.1. The van der Waals surface area contributed by atoms with Crippen LogP contribution in [0.15, 0.2) is 18.2 Å². The van der Waals surface area contributed by atoms with Crippen molar-refractivity contribution in [1.82, 2.24) is 4.98 Å². The Kier molecular flexibility index (Phi) is 4.32. The molecule has 0 spiro atoms. The van der Waals surface area contributed by atoms with E-state index in [-0.39, 0.29) is 6.10 Å². The first-order chi connectivity index (χ1) is 9.95. The maximum Gasteiger partial charge on any atom is 0.145 e. The van der Waals surface area contributed by atoms with Gasteiger partial charge >= 0.3 is 0 Å². The molecule has 0 aliphatic rings. The highest BCUT2D eigenvalue weighted by molar-refractivity contribution is 5.97. The molecular formula is C17H21N3O. The van der Waals surface area contributed by atoms with Crippen molar-refractivity contribution in [2.24, 2.45) is 0 Å². The van der Waals surface area contributed by atoms with E-state index < -0.39 is 0 Å². The van der Waals surface area contributed by atoms with E-state index in [1.807, 2.05) is 58.0 Å². The predicted molar refractivity (Wildman–Crippen MR) is 85.9 cm³/mol. The van der Waals surface area contributed by atoms with Crippen molar-refractivity contribution in [1.29, 1.82) is 5.26 Å². The number of rotatable bonds is 4. The molecule has 0 unspecified atom stereocenters. The van der Waals surface area contributed by atoms with Crippen LogP contribution in [0.5, 0.6) is 5.75 Å². The Hall–Kier alpha value is -2.28. The van der Waals surface area contributed by atoms with E-state index in [9.17, 15) is 0 Å². The van der Waals surface area contributed by atoms with E-state index in [0.29, 0.717) is 6.42 Å². The summed E-state index contributed by atoms with van der Waals surface area (Å²) >= 11 is 0. The molecular weight excluding hydrogens is 262 g/mol. The summed E-state index contributed by atoms with van der Waals surface area (Å²) in [4.78, 5) is 6.73. The minimum absolute atomic E-state index is 0.0966. The Labute approximate surface area is 126 Å². The zero-order valence-electron chi connectivity index (χ0n) is 13.3. The van der Waals surface area contributed by atoms with Gasteiger partial charge in [-0.25, -0.2) is 4.98 Å². The molecule has 2 rings (SSSR count). The summed E-state index contributed by atoms with van der Waals surface area (Å²) < 4.78 is 5.87. The van der Waals surface area contributed by atoms with Gasteiger partial charge in [-0.1, -0.05) is 12.1 Å². The molecule has 0 fully saturated rings. The maximum atomic E-state index is 9.07. The summed E-state index contributed by atoms with van der Waals surface area (Å²) in [5, 5.41) is 10.1. The zero-order chi connectivity index (χ0) is 15.6. The smallest absolute Gasteiger partial charge is 0.145 e. The lowest BCUT2D eigenvalue weighted by Crippen LogP contribution is -2.14. The van der Waals surface area contributed by atoms with Gasteiger partial charge in [0.1, 0.15) is 11.3 Å². The van der Waals surface area contributed by atoms with Crippen LogP contribution in [0.2, 0.25) is 0 Å². The van der Waals surface area contributed by atoms with Crippen LogP contribution in [0.4, 0.5) is 5.69 Å². The number of hydrogen-bond acceptors (Lipinski definition) is 4. The second kappa shape index (κ2) is 6.01. The molecule has 0 aliphatic carbocycles. The van der Waals surface area contributed by atoms with E-state index in [4.69, 9.17) is 10.00 Å². The number of nitrogens with zero attached hydrogens (tertiary/aromatic N) is 3. The summed E-state index contributed by atoms with van der Waals surface area (Å²) in [5.74, 6) is 0.789. The molecule has 0 radical (unpaired) electrons. The highest BCUT2D eigenvalue weighted by Gasteiger charge is 2.17. The van der Waals surface area contributed by atoms with Crippen molar-refractivity contribution in [3.8, 4) is 11.8 Å². The number of nitriles is 1. The van der Waals surface area contributed by atoms with E-state index in [2.05, 4.69) is 11.1 Å². The number of ether oxygens (including phenoxy) is 1. The Bertz CT molecular complexity index is 699. The molecule has 0 aliphatic heterocycles. The first-order valence-corrected chi connectivity index (χ1v) is 7.08. The summed E-state index contributed by atoms with van der Waals surface area (Å²) in [6.07, 6.45) is 0.455. The van der Waals surface area contributed by atoms with E-state index in [1.165, 1.54) is 0 Å². The van der Waals surface area contributed by atoms with Gasteiger partial charge in [0.25, 0.3) is 0 Å². The molecule has 4 nitrogen and oxygen atoms in total. The Morgan fingerprint density at radius 2 is 2.05 bits per heavy atom. The lowest BCUT2D eigenvalue weighted by Gasteiger charge is -2.22. The second-order valence-corrected chi connectivity index (χ2v) is 5.57. The van der Waals surface area contributed by atoms with Crippen molar-refractivity contribution in [3.05, 3.63) is 29.5 Å². The fraction of sp³-hybridized carbons (Fsp3) is 0.412. The summed E-state index contributed by atoms with van der Waals surface area (Å²) in [7, 11) is 3.98. The Balaban J connectivity index is 2.79. The van der Waals surface area contributed by atoms with Crippen molar-refractivity contribution >= 4 is 16.6 Å². The number of pyridine rings is 1. The lowest BCUT2D eigenvalue weighted by atomic mass is 10.0. The third kappa shape index (κ3) is 2.92. The van der Waals surface area contributed by atoms with Crippen LogP contribution in [-0.2, 0) is 6.42 Å². The molecule has 0 saturated carbocycles. The highest BCUT2D eigenvalue weighted by atomic mass is 16.5. The SMILES string of the molecule is Cc1nc2c(OC(C)C)cccc2c(N(C)C)c1CC#N. The number of fused-ring (bicyclic) bond motifs is 1. The van der Waals surface area contributed by atoms with Crippen LogP contribution in [0, 0.1) is 18.3 Å². The van der Waals surface area contributed by atoms with E-state index in [1.54, 1.807) is 0 Å². The van der Waals surface area contributed by atoms with Crippen LogP contribution >= 0.6 is 0 Å². The second-order valence-electron chi connectivity index (χ2n) is 5.57.